The maximum absolute atomic E-state index is 4.38. The zero-order valence-corrected chi connectivity index (χ0v) is 9.39. The predicted molar refractivity (Wildman–Crippen MR) is 57.8 cm³/mol. The Morgan fingerprint density at radius 2 is 2.08 bits per heavy atom. The van der Waals surface area contributed by atoms with Crippen molar-refractivity contribution in [2.75, 3.05) is 0 Å². The number of aromatic nitrogens is 2. The largest absolute Gasteiger partial charge is 0.251 e. The molecule has 0 aliphatic heterocycles. The molecule has 2 rings (SSSR count). The van der Waals surface area contributed by atoms with E-state index in [-0.39, 0.29) is 0 Å². The van der Waals surface area contributed by atoms with Crippen molar-refractivity contribution in [3.8, 4) is 11.4 Å². The number of nitrogens with zero attached hydrogens (tertiary/aromatic N) is 2. The summed E-state index contributed by atoms with van der Waals surface area (Å²) < 4.78 is 0.894. The van der Waals surface area contributed by atoms with Crippen LogP contribution in [0.15, 0.2) is 27.5 Å². The van der Waals surface area contributed by atoms with E-state index >= 15 is 0 Å². The van der Waals surface area contributed by atoms with Gasteiger partial charge in [0.15, 0.2) is 3.92 Å². The first kappa shape index (κ1) is 8.84. The smallest absolute Gasteiger partial charge is 0.159 e. The molecule has 0 bridgehead atoms. The number of halogens is 1. The molecule has 0 saturated heterocycles. The molecular weight excluding hydrogens is 248 g/mol. The molecule has 0 aliphatic carbocycles. The van der Waals surface area contributed by atoms with Gasteiger partial charge in [-0.25, -0.2) is 4.98 Å². The van der Waals surface area contributed by atoms with Crippen LogP contribution in [0.3, 0.4) is 0 Å². The van der Waals surface area contributed by atoms with Gasteiger partial charge in [0.2, 0.25) is 0 Å². The predicted octanol–water partition coefficient (Wildman–Crippen LogP) is 3.28. The fourth-order valence-corrected chi connectivity index (χ4v) is 2.06. The van der Waals surface area contributed by atoms with Crippen LogP contribution in [0.1, 0.15) is 5.69 Å². The van der Waals surface area contributed by atoms with Gasteiger partial charge in [0, 0.05) is 11.1 Å². The molecular formula is C9H7BrN2S. The van der Waals surface area contributed by atoms with E-state index in [0.29, 0.717) is 0 Å². The number of hydrogen-bond acceptors (Lipinski definition) is 3. The van der Waals surface area contributed by atoms with Gasteiger partial charge in [0.25, 0.3) is 0 Å². The zero-order chi connectivity index (χ0) is 9.26. The Balaban J connectivity index is 2.46. The Labute approximate surface area is 88.8 Å². The van der Waals surface area contributed by atoms with Crippen LogP contribution in [0.25, 0.3) is 11.4 Å². The molecule has 0 saturated carbocycles. The lowest BCUT2D eigenvalue weighted by Gasteiger charge is -1.95. The van der Waals surface area contributed by atoms with Crippen LogP contribution in [0.5, 0.6) is 0 Å². The van der Waals surface area contributed by atoms with Crippen molar-refractivity contribution in [2.24, 2.45) is 0 Å². The summed E-state index contributed by atoms with van der Waals surface area (Å²) in [6.45, 7) is 1.98. The molecule has 0 unspecified atom stereocenters. The molecule has 4 heteroatoms. The molecule has 2 aromatic heterocycles. The minimum absolute atomic E-state index is 0.894. The normalized spacial score (nSPS) is 10.3. The third-order valence-corrected chi connectivity index (χ3v) is 2.99. The highest BCUT2D eigenvalue weighted by atomic mass is 79.9. The molecule has 66 valence electrons. The van der Waals surface area contributed by atoms with Crippen LogP contribution < -0.4 is 0 Å². The van der Waals surface area contributed by atoms with Crippen LogP contribution >= 0.6 is 27.3 Å². The Kier molecular flexibility index (Phi) is 2.42. The van der Waals surface area contributed by atoms with E-state index < -0.39 is 0 Å². The quantitative estimate of drug-likeness (QED) is 0.781. The monoisotopic (exact) mass is 254 g/mol. The van der Waals surface area contributed by atoms with Gasteiger partial charge in [-0.3, -0.25) is 4.98 Å². The van der Waals surface area contributed by atoms with E-state index in [1.165, 1.54) is 0 Å². The molecule has 13 heavy (non-hydrogen) atoms. The minimum atomic E-state index is 0.894. The van der Waals surface area contributed by atoms with Crippen molar-refractivity contribution in [3.05, 3.63) is 33.2 Å². The maximum Gasteiger partial charge on any atom is 0.159 e. The Hall–Kier alpha value is -0.740. The van der Waals surface area contributed by atoms with Crippen LogP contribution in [0, 0.1) is 6.92 Å². The van der Waals surface area contributed by atoms with E-state index in [1.807, 2.05) is 30.5 Å². The van der Waals surface area contributed by atoms with Gasteiger partial charge in [-0.15, -0.1) is 11.3 Å². The lowest BCUT2D eigenvalue weighted by Crippen LogP contribution is -1.85. The van der Waals surface area contributed by atoms with Gasteiger partial charge < -0.3 is 0 Å². The van der Waals surface area contributed by atoms with Crippen molar-refractivity contribution in [2.45, 2.75) is 6.92 Å². The third-order valence-electron chi connectivity index (χ3n) is 1.63. The van der Waals surface area contributed by atoms with Gasteiger partial charge in [-0.05, 0) is 35.0 Å². The highest BCUT2D eigenvalue weighted by molar-refractivity contribution is 9.11. The fraction of sp³-hybridized carbons (Fsp3) is 0.111. The topological polar surface area (TPSA) is 25.8 Å². The summed E-state index contributed by atoms with van der Waals surface area (Å²) in [5, 5.41) is 1.99. The van der Waals surface area contributed by atoms with Gasteiger partial charge in [0.1, 0.15) is 5.69 Å². The summed E-state index contributed by atoms with van der Waals surface area (Å²) in [4.78, 5) is 8.67. The number of pyridine rings is 1. The van der Waals surface area contributed by atoms with Crippen LogP contribution in [0.2, 0.25) is 0 Å². The minimum Gasteiger partial charge on any atom is -0.251 e. The van der Waals surface area contributed by atoms with Crippen LogP contribution in [-0.2, 0) is 0 Å². The summed E-state index contributed by atoms with van der Waals surface area (Å²) in [6.07, 6.45) is 0. The second kappa shape index (κ2) is 3.55. The van der Waals surface area contributed by atoms with E-state index in [0.717, 1.165) is 21.0 Å². The summed E-state index contributed by atoms with van der Waals surface area (Å²) in [5.74, 6) is 0. The van der Waals surface area contributed by atoms with E-state index in [9.17, 15) is 0 Å². The Bertz CT molecular complexity index is 425. The molecule has 0 aliphatic rings. The van der Waals surface area contributed by atoms with E-state index in [1.54, 1.807) is 11.3 Å². The summed E-state index contributed by atoms with van der Waals surface area (Å²) in [5.41, 5.74) is 2.88. The Morgan fingerprint density at radius 1 is 1.23 bits per heavy atom. The highest BCUT2D eigenvalue weighted by Gasteiger charge is 2.03. The number of rotatable bonds is 1. The van der Waals surface area contributed by atoms with Gasteiger partial charge in [-0.2, -0.15) is 0 Å². The summed E-state index contributed by atoms with van der Waals surface area (Å²) >= 11 is 4.90. The maximum atomic E-state index is 4.38. The average molecular weight is 255 g/mol. The SMILES string of the molecule is Cc1cccc(-c2csc(Br)n2)n1. The lowest BCUT2D eigenvalue weighted by atomic mass is 10.3. The van der Waals surface area contributed by atoms with Gasteiger partial charge in [-0.1, -0.05) is 6.07 Å². The zero-order valence-electron chi connectivity index (χ0n) is 6.99. The van der Waals surface area contributed by atoms with Crippen molar-refractivity contribution in [3.63, 3.8) is 0 Å². The standard InChI is InChI=1S/C9H7BrN2S/c1-6-3-2-4-7(11-6)8-5-13-9(10)12-8/h2-5H,1H3. The highest BCUT2D eigenvalue weighted by Crippen LogP contribution is 2.23. The first-order chi connectivity index (χ1) is 6.25. The molecule has 2 nitrogen and oxygen atoms in total. The first-order valence-corrected chi connectivity index (χ1v) is 5.48. The second-order valence-electron chi connectivity index (χ2n) is 2.65. The van der Waals surface area contributed by atoms with Crippen molar-refractivity contribution >= 4 is 27.3 Å². The van der Waals surface area contributed by atoms with E-state index in [4.69, 9.17) is 0 Å². The third kappa shape index (κ3) is 1.95. The van der Waals surface area contributed by atoms with Gasteiger partial charge >= 0.3 is 0 Å². The van der Waals surface area contributed by atoms with Crippen molar-refractivity contribution in [1.29, 1.82) is 0 Å². The summed E-state index contributed by atoms with van der Waals surface area (Å²) in [6, 6.07) is 5.93. The molecule has 0 N–H and O–H groups in total. The van der Waals surface area contributed by atoms with E-state index in [2.05, 4.69) is 25.9 Å². The average Bonchev–Trinajstić information content (AvgIpc) is 2.52. The molecule has 0 atom stereocenters. The molecule has 0 amide bonds. The molecule has 0 aromatic carbocycles. The van der Waals surface area contributed by atoms with Crippen molar-refractivity contribution in [1.82, 2.24) is 9.97 Å². The number of aryl methyl sites for hydroxylation is 1. The molecule has 0 radical (unpaired) electrons. The lowest BCUT2D eigenvalue weighted by molar-refractivity contribution is 1.18. The second-order valence-corrected chi connectivity index (χ2v) is 4.78. The van der Waals surface area contributed by atoms with Crippen LogP contribution in [0.4, 0.5) is 0 Å². The van der Waals surface area contributed by atoms with Gasteiger partial charge in [0.05, 0.1) is 5.69 Å². The van der Waals surface area contributed by atoms with Crippen molar-refractivity contribution < 1.29 is 0 Å². The molecule has 2 heterocycles. The number of hydrogen-bond donors (Lipinski definition) is 0. The molecule has 0 fully saturated rings. The first-order valence-electron chi connectivity index (χ1n) is 3.81. The van der Waals surface area contributed by atoms with Crippen LogP contribution in [-0.4, -0.2) is 9.97 Å². The molecule has 2 aromatic rings. The summed E-state index contributed by atoms with van der Waals surface area (Å²) in [7, 11) is 0. The molecule has 0 spiro atoms. The Morgan fingerprint density at radius 3 is 2.69 bits per heavy atom. The fourth-order valence-electron chi connectivity index (χ4n) is 1.06. The number of thiazole rings is 1.